The molecule has 1 rings (SSSR count). The maximum Gasteiger partial charge on any atom is 0.161 e. The lowest BCUT2D eigenvalue weighted by atomic mass is 9.89. The van der Waals surface area contributed by atoms with Crippen LogP contribution in [0.5, 0.6) is 0 Å². The zero-order chi connectivity index (χ0) is 14.5. The summed E-state index contributed by atoms with van der Waals surface area (Å²) in [6, 6.07) is 1.43. The first-order valence-electron chi connectivity index (χ1n) is 6.31. The van der Waals surface area contributed by atoms with E-state index in [1.54, 1.807) is 0 Å². The maximum absolute atomic E-state index is 13.3. The Kier molecular flexibility index (Phi) is 5.82. The van der Waals surface area contributed by atoms with E-state index in [4.69, 9.17) is 5.11 Å². The first-order chi connectivity index (χ1) is 8.85. The van der Waals surface area contributed by atoms with E-state index in [-0.39, 0.29) is 24.1 Å². The van der Waals surface area contributed by atoms with Crippen molar-refractivity contribution in [1.29, 1.82) is 0 Å². The molecule has 0 atom stereocenters. The van der Waals surface area contributed by atoms with Crippen LogP contribution in [0.4, 0.5) is 13.2 Å². The van der Waals surface area contributed by atoms with Gasteiger partial charge >= 0.3 is 0 Å². The van der Waals surface area contributed by atoms with Crippen molar-refractivity contribution >= 4 is 0 Å². The monoisotopic (exact) mass is 275 g/mol. The number of hydrogen-bond acceptors (Lipinski definition) is 2. The van der Waals surface area contributed by atoms with Gasteiger partial charge in [0.2, 0.25) is 0 Å². The standard InChI is InChI=1S/C14H20F3NO/c1-14(2,9-19)4-3-5-18-8-10-6-12(16)13(17)7-11(10)15/h6-7,18-19H,3-5,8-9H2,1-2H3. The lowest BCUT2D eigenvalue weighted by Gasteiger charge is -2.21. The molecule has 0 aromatic heterocycles. The van der Waals surface area contributed by atoms with Crippen LogP contribution in [0, 0.1) is 22.9 Å². The molecule has 0 aliphatic rings. The van der Waals surface area contributed by atoms with E-state index in [0.29, 0.717) is 12.6 Å². The molecule has 2 nitrogen and oxygen atoms in total. The minimum Gasteiger partial charge on any atom is -0.396 e. The Morgan fingerprint density at radius 3 is 2.37 bits per heavy atom. The van der Waals surface area contributed by atoms with Crippen molar-refractivity contribution in [3.63, 3.8) is 0 Å². The van der Waals surface area contributed by atoms with Crippen molar-refractivity contribution in [2.75, 3.05) is 13.2 Å². The van der Waals surface area contributed by atoms with Gasteiger partial charge in [0.1, 0.15) is 5.82 Å². The number of benzene rings is 1. The first-order valence-corrected chi connectivity index (χ1v) is 6.31. The predicted molar refractivity (Wildman–Crippen MR) is 68.1 cm³/mol. The van der Waals surface area contributed by atoms with Crippen LogP contribution in [0.25, 0.3) is 0 Å². The van der Waals surface area contributed by atoms with Gasteiger partial charge in [-0.3, -0.25) is 0 Å². The summed E-state index contributed by atoms with van der Waals surface area (Å²) in [6.45, 7) is 4.82. The molecular weight excluding hydrogens is 255 g/mol. The summed E-state index contributed by atoms with van der Waals surface area (Å²) in [5.41, 5.74) is -0.0186. The fourth-order valence-corrected chi connectivity index (χ4v) is 1.69. The molecule has 0 fully saturated rings. The normalized spacial score (nSPS) is 11.9. The lowest BCUT2D eigenvalue weighted by Crippen LogP contribution is -2.21. The Labute approximate surface area is 111 Å². The van der Waals surface area contributed by atoms with Crippen LogP contribution < -0.4 is 5.32 Å². The van der Waals surface area contributed by atoms with Crippen LogP contribution >= 0.6 is 0 Å². The summed E-state index contributed by atoms with van der Waals surface area (Å²) in [5, 5.41) is 12.0. The van der Waals surface area contributed by atoms with Gasteiger partial charge in [0, 0.05) is 24.8 Å². The molecule has 0 radical (unpaired) electrons. The highest BCUT2D eigenvalue weighted by molar-refractivity contribution is 5.19. The van der Waals surface area contributed by atoms with Gasteiger partial charge < -0.3 is 10.4 Å². The second-order valence-corrected chi connectivity index (χ2v) is 5.46. The van der Waals surface area contributed by atoms with E-state index in [0.717, 1.165) is 18.9 Å². The summed E-state index contributed by atoms with van der Waals surface area (Å²) in [5.74, 6) is -2.97. The Balaban J connectivity index is 2.36. The fraction of sp³-hybridized carbons (Fsp3) is 0.571. The first kappa shape index (κ1) is 16.0. The minimum absolute atomic E-state index is 0.111. The zero-order valence-electron chi connectivity index (χ0n) is 11.3. The second-order valence-electron chi connectivity index (χ2n) is 5.46. The van der Waals surface area contributed by atoms with Crippen LogP contribution in [0.1, 0.15) is 32.3 Å². The predicted octanol–water partition coefficient (Wildman–Crippen LogP) is 2.99. The average Bonchev–Trinajstić information content (AvgIpc) is 2.35. The van der Waals surface area contributed by atoms with Gasteiger partial charge in [-0.15, -0.1) is 0 Å². The molecule has 0 bridgehead atoms. The Morgan fingerprint density at radius 2 is 1.74 bits per heavy atom. The second kappa shape index (κ2) is 6.91. The summed E-state index contributed by atoms with van der Waals surface area (Å²) >= 11 is 0. The number of hydrogen-bond donors (Lipinski definition) is 2. The van der Waals surface area contributed by atoms with E-state index >= 15 is 0 Å². The molecule has 1 aromatic carbocycles. The van der Waals surface area contributed by atoms with Crippen LogP contribution in [0.2, 0.25) is 0 Å². The van der Waals surface area contributed by atoms with Crippen molar-refractivity contribution in [3.8, 4) is 0 Å². The molecule has 1 aromatic rings. The molecule has 5 heteroatoms. The molecule has 0 aliphatic carbocycles. The maximum atomic E-state index is 13.3. The van der Waals surface area contributed by atoms with E-state index in [1.165, 1.54) is 0 Å². The summed E-state index contributed by atoms with van der Waals surface area (Å²) < 4.78 is 39.0. The van der Waals surface area contributed by atoms with Crippen molar-refractivity contribution in [3.05, 3.63) is 35.1 Å². The smallest absolute Gasteiger partial charge is 0.161 e. The van der Waals surface area contributed by atoms with Gasteiger partial charge in [0.05, 0.1) is 0 Å². The van der Waals surface area contributed by atoms with Crippen molar-refractivity contribution in [2.24, 2.45) is 5.41 Å². The van der Waals surface area contributed by atoms with E-state index < -0.39 is 17.5 Å². The summed E-state index contributed by atoms with van der Waals surface area (Å²) in [7, 11) is 0. The highest BCUT2D eigenvalue weighted by Crippen LogP contribution is 2.20. The molecule has 0 heterocycles. The van der Waals surface area contributed by atoms with Crippen LogP contribution in [-0.4, -0.2) is 18.3 Å². The van der Waals surface area contributed by atoms with Crippen LogP contribution in [-0.2, 0) is 6.54 Å². The zero-order valence-corrected chi connectivity index (χ0v) is 11.3. The van der Waals surface area contributed by atoms with Crippen molar-refractivity contribution < 1.29 is 18.3 Å². The van der Waals surface area contributed by atoms with Crippen LogP contribution in [0.3, 0.4) is 0 Å². The highest BCUT2D eigenvalue weighted by atomic mass is 19.2. The van der Waals surface area contributed by atoms with Gasteiger partial charge in [-0.05, 0) is 30.9 Å². The van der Waals surface area contributed by atoms with Crippen molar-refractivity contribution in [2.45, 2.75) is 33.2 Å². The molecule has 0 amide bonds. The molecule has 0 saturated heterocycles. The topological polar surface area (TPSA) is 32.3 Å². The number of rotatable bonds is 7. The molecule has 0 unspecified atom stereocenters. The summed E-state index contributed by atoms with van der Waals surface area (Å²) in [4.78, 5) is 0. The SMILES string of the molecule is CC(C)(CO)CCCNCc1cc(F)c(F)cc1F. The summed E-state index contributed by atoms with van der Waals surface area (Å²) in [6.07, 6.45) is 1.65. The highest BCUT2D eigenvalue weighted by Gasteiger charge is 2.15. The molecule has 0 saturated carbocycles. The third-order valence-corrected chi connectivity index (χ3v) is 3.04. The lowest BCUT2D eigenvalue weighted by molar-refractivity contribution is 0.148. The van der Waals surface area contributed by atoms with E-state index in [9.17, 15) is 13.2 Å². The van der Waals surface area contributed by atoms with Crippen LogP contribution in [0.15, 0.2) is 12.1 Å². The Bertz CT molecular complexity index is 421. The van der Waals surface area contributed by atoms with Gasteiger partial charge in [-0.2, -0.15) is 0 Å². The Morgan fingerprint density at radius 1 is 1.11 bits per heavy atom. The third kappa shape index (κ3) is 5.20. The number of nitrogens with one attached hydrogen (secondary N) is 1. The molecular formula is C14H20F3NO. The molecule has 19 heavy (non-hydrogen) atoms. The van der Waals surface area contributed by atoms with E-state index in [1.807, 2.05) is 13.8 Å². The van der Waals surface area contributed by atoms with E-state index in [2.05, 4.69) is 5.32 Å². The van der Waals surface area contributed by atoms with Gasteiger partial charge in [0.25, 0.3) is 0 Å². The van der Waals surface area contributed by atoms with Crippen molar-refractivity contribution in [1.82, 2.24) is 5.32 Å². The van der Waals surface area contributed by atoms with Gasteiger partial charge in [-0.25, -0.2) is 13.2 Å². The molecule has 2 N–H and O–H groups in total. The molecule has 0 spiro atoms. The number of aliphatic hydroxyl groups excluding tert-OH is 1. The molecule has 0 aliphatic heterocycles. The minimum atomic E-state index is -1.18. The average molecular weight is 275 g/mol. The quantitative estimate of drug-likeness (QED) is 0.592. The van der Waals surface area contributed by atoms with Gasteiger partial charge in [0.15, 0.2) is 11.6 Å². The van der Waals surface area contributed by atoms with Gasteiger partial charge in [-0.1, -0.05) is 13.8 Å². The largest absolute Gasteiger partial charge is 0.396 e. The number of halogens is 3. The fourth-order valence-electron chi connectivity index (χ4n) is 1.69. The Hall–Kier alpha value is -1.07. The number of aliphatic hydroxyl groups is 1. The molecule has 108 valence electrons. The third-order valence-electron chi connectivity index (χ3n) is 3.04.